The molecule has 0 saturated carbocycles. The van der Waals surface area contributed by atoms with Crippen molar-refractivity contribution in [1.29, 1.82) is 0 Å². The first-order chi connectivity index (χ1) is 16.0. The largest absolute Gasteiger partial charge is 0.352 e. The highest BCUT2D eigenvalue weighted by molar-refractivity contribution is 5.81. The second kappa shape index (κ2) is 12.0. The van der Waals surface area contributed by atoms with Crippen molar-refractivity contribution in [1.82, 2.24) is 14.8 Å². The highest BCUT2D eigenvalue weighted by Crippen LogP contribution is 2.28. The summed E-state index contributed by atoms with van der Waals surface area (Å²) in [6.45, 7) is 11.6. The Labute approximate surface area is 197 Å². The zero-order valence-electron chi connectivity index (χ0n) is 20.5. The molecule has 4 rings (SSSR count). The third kappa shape index (κ3) is 6.67. The maximum atomic E-state index is 13.1. The van der Waals surface area contributed by atoms with Gasteiger partial charge in [0.25, 0.3) is 0 Å². The number of carbonyl (C=O) groups excluding carboxylic acids is 1. The van der Waals surface area contributed by atoms with Crippen LogP contribution in [-0.2, 0) is 17.8 Å². The molecule has 0 atom stereocenters. The topological polar surface area (TPSA) is 37.3 Å². The lowest BCUT2D eigenvalue weighted by molar-refractivity contribution is -0.124. The summed E-state index contributed by atoms with van der Waals surface area (Å²) < 4.78 is 15.5. The van der Waals surface area contributed by atoms with Crippen LogP contribution in [-0.4, -0.2) is 35.0 Å². The number of halogens is 1. The molecule has 4 nitrogen and oxygen atoms in total. The molecule has 0 bridgehead atoms. The second-order valence-electron chi connectivity index (χ2n) is 8.94. The molecule has 178 valence electrons. The smallest absolute Gasteiger partial charge is 0.222 e. The van der Waals surface area contributed by atoms with E-state index in [0.29, 0.717) is 12.6 Å². The molecule has 2 aromatic carbocycles. The molecule has 5 heteroatoms. The summed E-state index contributed by atoms with van der Waals surface area (Å²) in [5, 5.41) is 4.26. The first-order valence-corrected chi connectivity index (χ1v) is 12.3. The summed E-state index contributed by atoms with van der Waals surface area (Å²) in [7, 11) is 0. The van der Waals surface area contributed by atoms with Gasteiger partial charge in [-0.1, -0.05) is 52.0 Å². The third-order valence-electron chi connectivity index (χ3n) is 6.36. The summed E-state index contributed by atoms with van der Waals surface area (Å²) in [5.41, 5.74) is 3.58. The molecule has 1 aromatic heterocycles. The standard InChI is InChI=1S/C26H32FN3O.C2H6/c1-19(2)26(31)28-18-21-3-6-22-10-16-30(25(22)17-21)24-11-14-29(15-12-24)13-9-20-4-7-23(27)8-5-20;1-2/h3-8,10,16-17,19,24H,9,11-15,18H2,1-2H3,(H,28,31);1-2H3. The third-order valence-corrected chi connectivity index (χ3v) is 6.36. The molecule has 2 heterocycles. The van der Waals surface area contributed by atoms with Crippen LogP contribution >= 0.6 is 0 Å². The number of fused-ring (bicyclic) bond motifs is 1. The first-order valence-electron chi connectivity index (χ1n) is 12.3. The lowest BCUT2D eigenvalue weighted by atomic mass is 10.0. The maximum absolute atomic E-state index is 13.1. The fourth-order valence-electron chi connectivity index (χ4n) is 4.38. The molecule has 33 heavy (non-hydrogen) atoms. The van der Waals surface area contributed by atoms with E-state index in [0.717, 1.165) is 44.5 Å². The fourth-order valence-corrected chi connectivity index (χ4v) is 4.38. The lowest BCUT2D eigenvalue weighted by Gasteiger charge is -2.33. The van der Waals surface area contributed by atoms with Crippen molar-refractivity contribution < 1.29 is 9.18 Å². The first kappa shape index (κ1) is 25.0. The van der Waals surface area contributed by atoms with Gasteiger partial charge in [-0.3, -0.25) is 4.79 Å². The molecule has 0 aliphatic carbocycles. The maximum Gasteiger partial charge on any atom is 0.222 e. The zero-order valence-corrected chi connectivity index (χ0v) is 20.5. The van der Waals surface area contributed by atoms with Crippen LogP contribution in [0.3, 0.4) is 0 Å². The van der Waals surface area contributed by atoms with Crippen molar-refractivity contribution in [2.45, 2.75) is 59.5 Å². The highest BCUT2D eigenvalue weighted by Gasteiger charge is 2.21. The molecule has 1 aliphatic rings. The van der Waals surface area contributed by atoms with Gasteiger partial charge in [0, 0.05) is 49.9 Å². The van der Waals surface area contributed by atoms with Gasteiger partial charge < -0.3 is 14.8 Å². The van der Waals surface area contributed by atoms with Gasteiger partial charge in [0.1, 0.15) is 5.82 Å². The molecule has 1 amide bonds. The Balaban J connectivity index is 0.00000149. The molecule has 1 aliphatic heterocycles. The van der Waals surface area contributed by atoms with E-state index in [9.17, 15) is 9.18 Å². The minimum atomic E-state index is -0.172. The number of piperidine rings is 1. The molecule has 3 aromatic rings. The van der Waals surface area contributed by atoms with E-state index in [2.05, 4.69) is 45.2 Å². The van der Waals surface area contributed by atoms with Gasteiger partial charge in [0.15, 0.2) is 0 Å². The quantitative estimate of drug-likeness (QED) is 0.481. The molecule has 0 unspecified atom stereocenters. The Morgan fingerprint density at radius 1 is 1.03 bits per heavy atom. The summed E-state index contributed by atoms with van der Waals surface area (Å²) in [6.07, 6.45) is 5.42. The van der Waals surface area contributed by atoms with Gasteiger partial charge in [-0.15, -0.1) is 0 Å². The summed E-state index contributed by atoms with van der Waals surface area (Å²) in [6, 6.07) is 16.0. The Morgan fingerprint density at radius 2 is 1.70 bits per heavy atom. The van der Waals surface area contributed by atoms with Crippen molar-refractivity contribution in [3.8, 4) is 0 Å². The van der Waals surface area contributed by atoms with Crippen molar-refractivity contribution in [3.05, 3.63) is 71.7 Å². The van der Waals surface area contributed by atoms with Crippen LogP contribution in [0.4, 0.5) is 4.39 Å². The molecular formula is C28H38FN3O. The van der Waals surface area contributed by atoms with Crippen LogP contribution in [0.1, 0.15) is 57.7 Å². The van der Waals surface area contributed by atoms with E-state index in [1.807, 2.05) is 39.8 Å². The van der Waals surface area contributed by atoms with Crippen LogP contribution in [0, 0.1) is 11.7 Å². The number of amides is 1. The van der Waals surface area contributed by atoms with Crippen molar-refractivity contribution in [2.75, 3.05) is 19.6 Å². The van der Waals surface area contributed by atoms with Gasteiger partial charge in [0.05, 0.1) is 0 Å². The molecular weight excluding hydrogens is 413 g/mol. The summed E-state index contributed by atoms with van der Waals surface area (Å²) in [4.78, 5) is 14.4. The van der Waals surface area contributed by atoms with Gasteiger partial charge in [-0.05, 0) is 60.0 Å². The average molecular weight is 452 g/mol. The number of hydrogen-bond donors (Lipinski definition) is 1. The van der Waals surface area contributed by atoms with E-state index < -0.39 is 0 Å². The van der Waals surface area contributed by atoms with E-state index in [4.69, 9.17) is 0 Å². The van der Waals surface area contributed by atoms with Crippen LogP contribution in [0.5, 0.6) is 0 Å². The number of carbonyl (C=O) groups is 1. The number of benzene rings is 2. The van der Waals surface area contributed by atoms with Gasteiger partial charge in [-0.25, -0.2) is 4.39 Å². The van der Waals surface area contributed by atoms with E-state index in [1.165, 1.54) is 16.5 Å². The van der Waals surface area contributed by atoms with Crippen molar-refractivity contribution >= 4 is 16.8 Å². The number of hydrogen-bond acceptors (Lipinski definition) is 2. The molecule has 0 radical (unpaired) electrons. The van der Waals surface area contributed by atoms with Crippen LogP contribution in [0.25, 0.3) is 10.9 Å². The van der Waals surface area contributed by atoms with Crippen molar-refractivity contribution in [3.63, 3.8) is 0 Å². The normalized spacial score (nSPS) is 14.8. The van der Waals surface area contributed by atoms with Gasteiger partial charge in [-0.2, -0.15) is 0 Å². The molecule has 1 saturated heterocycles. The summed E-state index contributed by atoms with van der Waals surface area (Å²) >= 11 is 0. The second-order valence-corrected chi connectivity index (χ2v) is 8.94. The van der Waals surface area contributed by atoms with Gasteiger partial charge in [0.2, 0.25) is 5.91 Å². The van der Waals surface area contributed by atoms with E-state index in [-0.39, 0.29) is 17.6 Å². The minimum absolute atomic E-state index is 0.000773. The highest BCUT2D eigenvalue weighted by atomic mass is 19.1. The monoisotopic (exact) mass is 451 g/mol. The lowest BCUT2D eigenvalue weighted by Crippen LogP contribution is -2.35. The van der Waals surface area contributed by atoms with E-state index in [1.54, 1.807) is 12.1 Å². The average Bonchev–Trinajstić information content (AvgIpc) is 3.27. The van der Waals surface area contributed by atoms with Crippen LogP contribution in [0.2, 0.25) is 0 Å². The van der Waals surface area contributed by atoms with Crippen LogP contribution in [0.15, 0.2) is 54.7 Å². The molecule has 0 spiro atoms. The SMILES string of the molecule is CC.CC(C)C(=O)NCc1ccc2ccn(C3CCN(CCc4ccc(F)cc4)CC3)c2c1. The van der Waals surface area contributed by atoms with Crippen molar-refractivity contribution in [2.24, 2.45) is 5.92 Å². The predicted octanol–water partition coefficient (Wildman–Crippen LogP) is 5.96. The molecule has 1 fully saturated rings. The predicted molar refractivity (Wildman–Crippen MR) is 135 cm³/mol. The summed E-state index contributed by atoms with van der Waals surface area (Å²) in [5.74, 6) is -0.0849. The Morgan fingerprint density at radius 3 is 2.36 bits per heavy atom. The number of nitrogens with one attached hydrogen (secondary N) is 1. The number of likely N-dealkylation sites (tertiary alicyclic amines) is 1. The number of nitrogens with zero attached hydrogens (tertiary/aromatic N) is 2. The van der Waals surface area contributed by atoms with Gasteiger partial charge >= 0.3 is 0 Å². The number of rotatable bonds is 7. The Hall–Kier alpha value is -2.66. The minimum Gasteiger partial charge on any atom is -0.352 e. The Bertz CT molecular complexity index is 1020. The van der Waals surface area contributed by atoms with Crippen LogP contribution < -0.4 is 5.32 Å². The Kier molecular flexibility index (Phi) is 9.07. The van der Waals surface area contributed by atoms with E-state index >= 15 is 0 Å². The zero-order chi connectivity index (χ0) is 23.8. The fraction of sp³-hybridized carbons (Fsp3) is 0.464. The number of aromatic nitrogens is 1. The molecule has 1 N–H and O–H groups in total.